The van der Waals surface area contributed by atoms with Crippen LogP contribution in [0.25, 0.3) is 0 Å². The smallest absolute Gasteiger partial charge is 0.0670 e. The summed E-state index contributed by atoms with van der Waals surface area (Å²) in [5.41, 5.74) is 8.23. The normalized spacial score (nSPS) is 21.0. The molecule has 0 amide bonds. The van der Waals surface area contributed by atoms with E-state index < -0.39 is 0 Å². The first-order valence-corrected chi connectivity index (χ1v) is 6.81. The molecule has 1 heterocycles. The van der Waals surface area contributed by atoms with Gasteiger partial charge < -0.3 is 15.4 Å². The van der Waals surface area contributed by atoms with Crippen molar-refractivity contribution < 1.29 is 4.74 Å². The minimum Gasteiger partial charge on any atom is -0.379 e. The lowest BCUT2D eigenvalue weighted by atomic mass is 10.0. The van der Waals surface area contributed by atoms with Crippen LogP contribution in [0.4, 0.5) is 5.69 Å². The van der Waals surface area contributed by atoms with Crippen molar-refractivity contribution in [2.45, 2.75) is 31.8 Å². The average Bonchev–Trinajstić information content (AvgIpc) is 2.84. The molecule has 1 aromatic rings. The molecule has 2 N–H and O–H groups in total. The summed E-state index contributed by atoms with van der Waals surface area (Å²) in [5, 5.41) is 0.801. The van der Waals surface area contributed by atoms with Crippen LogP contribution in [0.5, 0.6) is 0 Å². The number of nitrogens with two attached hydrogens (primary N) is 1. The molecule has 100 valence electrons. The van der Waals surface area contributed by atoms with Gasteiger partial charge in [-0.3, -0.25) is 0 Å². The van der Waals surface area contributed by atoms with E-state index in [4.69, 9.17) is 22.1 Å². The topological polar surface area (TPSA) is 38.5 Å². The van der Waals surface area contributed by atoms with Crippen LogP contribution in [0, 0.1) is 0 Å². The summed E-state index contributed by atoms with van der Waals surface area (Å²) in [7, 11) is 2.11. The maximum Gasteiger partial charge on any atom is 0.0670 e. The van der Waals surface area contributed by atoms with Crippen molar-refractivity contribution in [3.63, 3.8) is 0 Å². The third kappa shape index (κ3) is 2.97. The number of ether oxygens (including phenoxy) is 1. The monoisotopic (exact) mass is 268 g/mol. The van der Waals surface area contributed by atoms with Gasteiger partial charge in [-0.05, 0) is 37.5 Å². The van der Waals surface area contributed by atoms with Gasteiger partial charge >= 0.3 is 0 Å². The molecule has 0 saturated carbocycles. The van der Waals surface area contributed by atoms with Crippen LogP contribution in [0.15, 0.2) is 18.2 Å². The molecule has 0 aromatic heterocycles. The van der Waals surface area contributed by atoms with Crippen molar-refractivity contribution >= 4 is 17.3 Å². The van der Waals surface area contributed by atoms with E-state index >= 15 is 0 Å². The van der Waals surface area contributed by atoms with Gasteiger partial charge in [0.05, 0.1) is 12.6 Å². The second kappa shape index (κ2) is 5.91. The van der Waals surface area contributed by atoms with Crippen LogP contribution in [0.2, 0.25) is 5.02 Å². The SMILES string of the molecule is CC(N)Cc1c(Cl)cccc1N(C)C1CCOC1. The molecule has 2 atom stereocenters. The van der Waals surface area contributed by atoms with E-state index in [1.54, 1.807) is 0 Å². The highest BCUT2D eigenvalue weighted by Crippen LogP contribution is 2.30. The number of anilines is 1. The van der Waals surface area contributed by atoms with E-state index in [1.807, 2.05) is 19.1 Å². The fourth-order valence-corrected chi connectivity index (χ4v) is 2.67. The van der Waals surface area contributed by atoms with Gasteiger partial charge in [0.15, 0.2) is 0 Å². The largest absolute Gasteiger partial charge is 0.379 e. The predicted molar refractivity (Wildman–Crippen MR) is 76.4 cm³/mol. The van der Waals surface area contributed by atoms with Crippen LogP contribution in [0.3, 0.4) is 0 Å². The van der Waals surface area contributed by atoms with Crippen molar-refractivity contribution in [2.24, 2.45) is 5.73 Å². The van der Waals surface area contributed by atoms with Crippen molar-refractivity contribution in [1.29, 1.82) is 0 Å². The van der Waals surface area contributed by atoms with Gasteiger partial charge in [-0.2, -0.15) is 0 Å². The molecule has 1 aliphatic rings. The maximum atomic E-state index is 6.31. The minimum atomic E-state index is 0.108. The Morgan fingerprint density at radius 2 is 2.33 bits per heavy atom. The first-order valence-electron chi connectivity index (χ1n) is 6.43. The van der Waals surface area contributed by atoms with Crippen LogP contribution in [0.1, 0.15) is 18.9 Å². The lowest BCUT2D eigenvalue weighted by Gasteiger charge is -2.28. The summed E-state index contributed by atoms with van der Waals surface area (Å²) in [5.74, 6) is 0. The van der Waals surface area contributed by atoms with E-state index in [9.17, 15) is 0 Å². The number of nitrogens with zero attached hydrogens (tertiary/aromatic N) is 1. The fourth-order valence-electron chi connectivity index (χ4n) is 2.43. The molecule has 0 bridgehead atoms. The molecule has 4 heteroatoms. The zero-order chi connectivity index (χ0) is 13.1. The number of rotatable bonds is 4. The molecule has 18 heavy (non-hydrogen) atoms. The van der Waals surface area contributed by atoms with Gasteiger partial charge in [-0.25, -0.2) is 0 Å². The van der Waals surface area contributed by atoms with Crippen molar-refractivity contribution in [3.05, 3.63) is 28.8 Å². The van der Waals surface area contributed by atoms with E-state index in [1.165, 1.54) is 5.69 Å². The van der Waals surface area contributed by atoms with Gasteiger partial charge in [-0.15, -0.1) is 0 Å². The van der Waals surface area contributed by atoms with Crippen LogP contribution in [-0.2, 0) is 11.2 Å². The molecule has 2 unspecified atom stereocenters. The highest BCUT2D eigenvalue weighted by molar-refractivity contribution is 6.31. The number of halogens is 1. The van der Waals surface area contributed by atoms with E-state index in [2.05, 4.69) is 18.0 Å². The number of likely N-dealkylation sites (N-methyl/N-ethyl adjacent to an activating group) is 1. The average molecular weight is 269 g/mol. The lowest BCUT2D eigenvalue weighted by molar-refractivity contribution is 0.193. The summed E-state index contributed by atoms with van der Waals surface area (Å²) in [6.45, 7) is 3.64. The third-order valence-electron chi connectivity index (χ3n) is 3.45. The highest BCUT2D eigenvalue weighted by Gasteiger charge is 2.23. The van der Waals surface area contributed by atoms with Gasteiger partial charge in [0.2, 0.25) is 0 Å². The van der Waals surface area contributed by atoms with Gasteiger partial charge in [0, 0.05) is 30.4 Å². The Bertz CT molecular complexity index is 403. The molecule has 0 spiro atoms. The lowest BCUT2D eigenvalue weighted by Crippen LogP contribution is -2.33. The summed E-state index contributed by atoms with van der Waals surface area (Å²) in [6, 6.07) is 6.59. The maximum absolute atomic E-state index is 6.31. The number of hydrogen-bond donors (Lipinski definition) is 1. The molecule has 1 aromatic carbocycles. The first kappa shape index (κ1) is 13.7. The Balaban J connectivity index is 2.27. The number of benzene rings is 1. The molecular formula is C14H21ClN2O. The Labute approximate surface area is 114 Å². The van der Waals surface area contributed by atoms with E-state index in [0.717, 1.165) is 36.6 Å². The third-order valence-corrected chi connectivity index (χ3v) is 3.81. The second-order valence-corrected chi connectivity index (χ2v) is 5.45. The Hall–Kier alpha value is -0.770. The van der Waals surface area contributed by atoms with Crippen molar-refractivity contribution in [1.82, 2.24) is 0 Å². The fraction of sp³-hybridized carbons (Fsp3) is 0.571. The quantitative estimate of drug-likeness (QED) is 0.912. The van der Waals surface area contributed by atoms with Gasteiger partial charge in [0.25, 0.3) is 0 Å². The Morgan fingerprint density at radius 3 is 2.94 bits per heavy atom. The van der Waals surface area contributed by atoms with E-state index in [-0.39, 0.29) is 6.04 Å². The zero-order valence-electron chi connectivity index (χ0n) is 11.0. The molecule has 0 aliphatic carbocycles. The summed E-state index contributed by atoms with van der Waals surface area (Å²) < 4.78 is 5.45. The molecule has 0 radical (unpaired) electrons. The van der Waals surface area contributed by atoms with Gasteiger partial charge in [0.1, 0.15) is 0 Å². The standard InChI is InChI=1S/C14H21ClN2O/c1-10(16)8-12-13(15)4-3-5-14(12)17(2)11-6-7-18-9-11/h3-5,10-11H,6-9,16H2,1-2H3. The molecule has 1 saturated heterocycles. The van der Waals surface area contributed by atoms with E-state index in [0.29, 0.717) is 6.04 Å². The zero-order valence-corrected chi connectivity index (χ0v) is 11.8. The molecular weight excluding hydrogens is 248 g/mol. The number of hydrogen-bond acceptors (Lipinski definition) is 3. The van der Waals surface area contributed by atoms with Crippen molar-refractivity contribution in [2.75, 3.05) is 25.2 Å². The van der Waals surface area contributed by atoms with Gasteiger partial charge in [-0.1, -0.05) is 17.7 Å². The van der Waals surface area contributed by atoms with Crippen LogP contribution >= 0.6 is 11.6 Å². The van der Waals surface area contributed by atoms with Crippen LogP contribution < -0.4 is 10.6 Å². The van der Waals surface area contributed by atoms with Crippen molar-refractivity contribution in [3.8, 4) is 0 Å². The minimum absolute atomic E-state index is 0.108. The summed E-state index contributed by atoms with van der Waals surface area (Å²) in [4.78, 5) is 2.27. The highest BCUT2D eigenvalue weighted by atomic mass is 35.5. The molecule has 2 rings (SSSR count). The molecule has 3 nitrogen and oxygen atoms in total. The molecule has 1 fully saturated rings. The summed E-state index contributed by atoms with van der Waals surface area (Å²) >= 11 is 6.31. The Morgan fingerprint density at radius 1 is 1.56 bits per heavy atom. The predicted octanol–water partition coefficient (Wildman–Crippen LogP) is 2.45. The molecule has 1 aliphatic heterocycles. The van der Waals surface area contributed by atoms with Crippen LogP contribution in [-0.4, -0.2) is 32.3 Å². The second-order valence-electron chi connectivity index (χ2n) is 5.05. The Kier molecular flexibility index (Phi) is 4.49. The summed E-state index contributed by atoms with van der Waals surface area (Å²) in [6.07, 6.45) is 1.87. The first-order chi connectivity index (χ1) is 8.59.